The predicted octanol–water partition coefficient (Wildman–Crippen LogP) is 8.47. The fourth-order valence-corrected chi connectivity index (χ4v) is 8.74. The third-order valence-electron chi connectivity index (χ3n) is 7.46. The summed E-state index contributed by atoms with van der Waals surface area (Å²) in [5.74, 6) is -2.14. The average Bonchev–Trinajstić information content (AvgIpc) is 3.49. The largest absolute Gasteiger partial charge is 0.322 e. The minimum Gasteiger partial charge on any atom is -0.322 e. The number of carbonyl (C=O) groups is 2. The maximum Gasteiger partial charge on any atom is 0.256 e. The molecule has 4 aromatic carbocycles. The Kier molecular flexibility index (Phi) is 13.7. The lowest BCUT2D eigenvalue weighted by atomic mass is 10.0. The van der Waals surface area contributed by atoms with Crippen LogP contribution in [0.15, 0.2) is 82.6 Å². The first-order chi connectivity index (χ1) is 22.4. The Bertz CT molecular complexity index is 2190. The van der Waals surface area contributed by atoms with E-state index in [0.717, 1.165) is 12.1 Å². The van der Waals surface area contributed by atoms with E-state index < -0.39 is 49.0 Å². The minimum atomic E-state index is -3.66. The van der Waals surface area contributed by atoms with E-state index in [9.17, 15) is 35.2 Å². The van der Waals surface area contributed by atoms with Crippen LogP contribution in [0.1, 0.15) is 74.9 Å². The first-order valence-corrected chi connectivity index (χ1v) is 17.9. The molecule has 0 saturated carbocycles. The number of fused-ring (bicyclic) bond motifs is 2. The number of sulfonamides is 2. The van der Waals surface area contributed by atoms with Gasteiger partial charge in [0, 0.05) is 46.7 Å². The first-order valence-electron chi connectivity index (χ1n) is 14.2. The third-order valence-corrected chi connectivity index (χ3v) is 11.7. The van der Waals surface area contributed by atoms with Gasteiger partial charge >= 0.3 is 0 Å². The zero-order valence-corrected chi connectivity index (χ0v) is 28.7. The number of nitrogens with zero attached hydrogens (tertiary/aromatic N) is 1. The number of hydrogen-bond acceptors (Lipinski definition) is 6. The molecule has 2 amide bonds. The van der Waals surface area contributed by atoms with Crippen molar-refractivity contribution in [2.45, 2.75) is 71.5 Å². The van der Waals surface area contributed by atoms with Crippen LogP contribution in [0.5, 0.6) is 0 Å². The lowest BCUT2D eigenvalue weighted by Crippen LogP contribution is -2.41. The topological polar surface area (TPSA) is 142 Å². The molecule has 2 heterocycles. The van der Waals surface area contributed by atoms with Gasteiger partial charge in [-0.1, -0.05) is 57.6 Å². The smallest absolute Gasteiger partial charge is 0.256 e. The number of rotatable bonds is 4. The zero-order chi connectivity index (χ0) is 35.2. The van der Waals surface area contributed by atoms with Gasteiger partial charge in [0.2, 0.25) is 20.0 Å². The van der Waals surface area contributed by atoms with Crippen LogP contribution >= 0.6 is 23.2 Å². The van der Waals surface area contributed by atoms with Crippen molar-refractivity contribution in [1.29, 1.82) is 0 Å². The molecule has 0 unspecified atom stereocenters. The fourth-order valence-electron chi connectivity index (χ4n) is 5.13. The van der Waals surface area contributed by atoms with Crippen LogP contribution in [0.3, 0.4) is 0 Å². The van der Waals surface area contributed by atoms with Crippen molar-refractivity contribution in [2.75, 3.05) is 10.6 Å². The molecule has 0 fully saturated rings. The predicted molar refractivity (Wildman–Crippen MR) is 198 cm³/mol. The Hall–Kier alpha value is -3.92. The van der Waals surface area contributed by atoms with Gasteiger partial charge in [0.05, 0.1) is 19.8 Å². The van der Waals surface area contributed by atoms with Gasteiger partial charge < -0.3 is 10.6 Å². The standard InChI is InChI=1S/C18H18ClFN2O3S.C14H10ClFN2O3S.3CH4/c1-18(2,3)22-10-13-12(5-4-6-16(13)26(22,24)25)17(23)21-11-7-8-15(20)14(19)9-11;15-11-6-8(4-5-12(11)16)18-14(19)9-2-1-3-13-10(9)7-17-22(13,20)21;;;/h4-9H,10H2,1-3H3,(H,21,23);1-6,17H,7H2,(H,18,19);3*1H4. The van der Waals surface area contributed by atoms with Gasteiger partial charge in [0.25, 0.3) is 11.8 Å². The summed E-state index contributed by atoms with van der Waals surface area (Å²) >= 11 is 11.4. The second-order valence-electron chi connectivity index (χ2n) is 11.7. The lowest BCUT2D eigenvalue weighted by Gasteiger charge is -2.29. The number of hydrogen-bond donors (Lipinski definition) is 3. The lowest BCUT2D eigenvalue weighted by molar-refractivity contribution is 0.101. The molecule has 10 nitrogen and oxygen atoms in total. The summed E-state index contributed by atoms with van der Waals surface area (Å²) in [6.07, 6.45) is 0. The number of carbonyl (C=O) groups excluding carboxylic acids is 2. The molecule has 0 saturated heterocycles. The molecule has 2 aliphatic heterocycles. The zero-order valence-electron chi connectivity index (χ0n) is 25.6. The van der Waals surface area contributed by atoms with Crippen molar-refractivity contribution in [3.63, 3.8) is 0 Å². The van der Waals surface area contributed by atoms with Gasteiger partial charge in [-0.15, -0.1) is 0 Å². The summed E-state index contributed by atoms with van der Waals surface area (Å²) in [5, 5.41) is 4.98. The molecule has 0 atom stereocenters. The van der Waals surface area contributed by atoms with Gasteiger partial charge in [0.15, 0.2) is 0 Å². The number of anilines is 2. The van der Waals surface area contributed by atoms with Crippen molar-refractivity contribution in [3.05, 3.63) is 117 Å². The van der Waals surface area contributed by atoms with Gasteiger partial charge in [-0.3, -0.25) is 9.59 Å². The molecular formula is C35H40Cl2F2N4O6S2. The van der Waals surface area contributed by atoms with Crippen molar-refractivity contribution < 1.29 is 35.2 Å². The van der Waals surface area contributed by atoms with E-state index in [2.05, 4.69) is 15.4 Å². The highest BCUT2D eigenvalue weighted by atomic mass is 35.5. The fraction of sp³-hybridized carbons (Fsp3) is 0.257. The van der Waals surface area contributed by atoms with Crippen LogP contribution in [-0.2, 0) is 33.1 Å². The van der Waals surface area contributed by atoms with Crippen LogP contribution in [0.25, 0.3) is 0 Å². The molecule has 3 N–H and O–H groups in total. The molecular weight excluding hydrogens is 745 g/mol. The summed E-state index contributed by atoms with van der Waals surface area (Å²) < 4.78 is 79.2. The monoisotopic (exact) mass is 784 g/mol. The summed E-state index contributed by atoms with van der Waals surface area (Å²) in [7, 11) is -7.21. The van der Waals surface area contributed by atoms with Crippen LogP contribution < -0.4 is 15.4 Å². The highest BCUT2D eigenvalue weighted by Gasteiger charge is 2.42. The third kappa shape index (κ3) is 8.94. The number of amides is 2. The molecule has 0 radical (unpaired) electrons. The van der Waals surface area contributed by atoms with Gasteiger partial charge in [-0.25, -0.2) is 30.3 Å². The number of nitrogens with one attached hydrogen (secondary N) is 3. The van der Waals surface area contributed by atoms with Crippen molar-refractivity contribution in [2.24, 2.45) is 0 Å². The molecule has 276 valence electrons. The molecule has 0 aromatic heterocycles. The van der Waals surface area contributed by atoms with Crippen molar-refractivity contribution >= 4 is 66.4 Å². The Morgan fingerprint density at radius 2 is 1.18 bits per heavy atom. The highest BCUT2D eigenvalue weighted by molar-refractivity contribution is 7.90. The summed E-state index contributed by atoms with van der Waals surface area (Å²) in [6.45, 7) is 5.59. The normalized spacial score (nSPS) is 15.0. The van der Waals surface area contributed by atoms with Crippen LogP contribution in [0, 0.1) is 11.6 Å². The molecule has 51 heavy (non-hydrogen) atoms. The van der Waals surface area contributed by atoms with E-state index in [-0.39, 0.29) is 66.3 Å². The quantitative estimate of drug-likeness (QED) is 0.190. The van der Waals surface area contributed by atoms with E-state index in [1.54, 1.807) is 26.8 Å². The Morgan fingerprint density at radius 1 is 0.725 bits per heavy atom. The minimum absolute atomic E-state index is 0. The second kappa shape index (κ2) is 16.2. The van der Waals surface area contributed by atoms with Crippen LogP contribution in [-0.4, -0.2) is 38.5 Å². The van der Waals surface area contributed by atoms with E-state index in [1.807, 2.05) is 0 Å². The van der Waals surface area contributed by atoms with Crippen LogP contribution in [0.2, 0.25) is 10.0 Å². The van der Waals surface area contributed by atoms with Crippen molar-refractivity contribution in [3.8, 4) is 0 Å². The maximum atomic E-state index is 13.3. The highest BCUT2D eigenvalue weighted by Crippen LogP contribution is 2.37. The molecule has 0 bridgehead atoms. The van der Waals surface area contributed by atoms with Gasteiger partial charge in [-0.05, 0) is 87.0 Å². The first kappa shape index (κ1) is 43.2. The van der Waals surface area contributed by atoms with Crippen LogP contribution in [0.4, 0.5) is 20.2 Å². The Morgan fingerprint density at radius 3 is 1.63 bits per heavy atom. The average molecular weight is 786 g/mol. The van der Waals surface area contributed by atoms with Crippen molar-refractivity contribution in [1.82, 2.24) is 9.03 Å². The van der Waals surface area contributed by atoms with Gasteiger partial charge in [-0.2, -0.15) is 4.31 Å². The number of benzene rings is 4. The molecule has 4 aromatic rings. The van der Waals surface area contributed by atoms with E-state index in [1.165, 1.54) is 58.9 Å². The van der Waals surface area contributed by atoms with E-state index >= 15 is 0 Å². The number of halogens is 4. The second-order valence-corrected chi connectivity index (χ2v) is 16.1. The maximum absolute atomic E-state index is 13.3. The van der Waals surface area contributed by atoms with Gasteiger partial charge in [0.1, 0.15) is 11.6 Å². The Balaban J connectivity index is 0.000000338. The molecule has 2 aliphatic rings. The van der Waals surface area contributed by atoms with E-state index in [0.29, 0.717) is 22.5 Å². The SMILES string of the molecule is C.C.C.CC(C)(C)N1Cc2c(C(=O)Nc3ccc(F)c(Cl)c3)cccc2S1(=O)=O.O=C(Nc1ccc(F)c(Cl)c1)c1cccc2c1CNS2(=O)=O. The molecule has 0 aliphatic carbocycles. The van der Waals surface area contributed by atoms with E-state index in [4.69, 9.17) is 23.2 Å². The molecule has 6 rings (SSSR count). The summed E-state index contributed by atoms with van der Waals surface area (Å²) in [6, 6.07) is 16.7. The molecule has 16 heteroatoms. The Labute approximate surface area is 308 Å². The summed E-state index contributed by atoms with van der Waals surface area (Å²) in [4.78, 5) is 25.2. The molecule has 0 spiro atoms. The summed E-state index contributed by atoms with van der Waals surface area (Å²) in [5.41, 5.74) is 1.40.